The molecular weight excluding hydrogens is 304 g/mol. The monoisotopic (exact) mass is 326 g/mol. The zero-order chi connectivity index (χ0) is 17.4. The van der Waals surface area contributed by atoms with Crippen LogP contribution in [0.1, 0.15) is 29.3 Å². The summed E-state index contributed by atoms with van der Waals surface area (Å²) in [5, 5.41) is 6.06. The summed E-state index contributed by atoms with van der Waals surface area (Å²) in [5.41, 5.74) is 3.30. The van der Waals surface area contributed by atoms with E-state index < -0.39 is 0 Å². The number of rotatable bonds is 7. The largest absolute Gasteiger partial charge is 0.462 e. The first-order chi connectivity index (χ1) is 11.6. The summed E-state index contributed by atoms with van der Waals surface area (Å²) in [6.07, 6.45) is 0.355. The zero-order valence-corrected chi connectivity index (χ0v) is 14.0. The molecule has 0 fully saturated rings. The van der Waals surface area contributed by atoms with Gasteiger partial charge in [-0.15, -0.1) is 0 Å². The maximum Gasteiger partial charge on any atom is 0.338 e. The van der Waals surface area contributed by atoms with E-state index in [1.54, 1.807) is 31.2 Å². The number of aryl methyl sites for hydroxylation is 1. The van der Waals surface area contributed by atoms with Crippen LogP contribution in [-0.4, -0.2) is 25.0 Å². The van der Waals surface area contributed by atoms with E-state index >= 15 is 0 Å². The highest BCUT2D eigenvalue weighted by atomic mass is 16.5. The van der Waals surface area contributed by atoms with Crippen molar-refractivity contribution in [2.45, 2.75) is 20.3 Å². The molecule has 5 nitrogen and oxygen atoms in total. The molecule has 0 atom stereocenters. The van der Waals surface area contributed by atoms with E-state index in [0.717, 1.165) is 11.3 Å². The van der Waals surface area contributed by atoms with Gasteiger partial charge in [0.05, 0.1) is 12.2 Å². The first-order valence-corrected chi connectivity index (χ1v) is 7.96. The van der Waals surface area contributed by atoms with Gasteiger partial charge in [0.25, 0.3) is 0 Å². The van der Waals surface area contributed by atoms with E-state index in [0.29, 0.717) is 30.8 Å². The summed E-state index contributed by atoms with van der Waals surface area (Å²) in [6, 6.07) is 14.6. The molecule has 0 radical (unpaired) electrons. The number of hydrogen-bond acceptors (Lipinski definition) is 4. The minimum Gasteiger partial charge on any atom is -0.462 e. The fraction of sp³-hybridized carbons (Fsp3) is 0.263. The Kier molecular flexibility index (Phi) is 6.37. The summed E-state index contributed by atoms with van der Waals surface area (Å²) in [5.74, 6) is -0.447. The summed E-state index contributed by atoms with van der Waals surface area (Å²) >= 11 is 0. The first-order valence-electron chi connectivity index (χ1n) is 7.96. The molecule has 24 heavy (non-hydrogen) atoms. The molecule has 0 heterocycles. The summed E-state index contributed by atoms with van der Waals surface area (Å²) in [6.45, 7) is 4.67. The molecule has 2 aromatic carbocycles. The van der Waals surface area contributed by atoms with E-state index in [-0.39, 0.29) is 11.9 Å². The van der Waals surface area contributed by atoms with Crippen molar-refractivity contribution in [1.82, 2.24) is 0 Å². The maximum atomic E-state index is 12.0. The second kappa shape index (κ2) is 8.72. The number of carbonyl (C=O) groups is 2. The van der Waals surface area contributed by atoms with Gasteiger partial charge in [-0.3, -0.25) is 4.79 Å². The molecule has 0 aliphatic heterocycles. The molecule has 2 N–H and O–H groups in total. The second-order valence-electron chi connectivity index (χ2n) is 5.34. The fourth-order valence-corrected chi connectivity index (χ4v) is 2.21. The van der Waals surface area contributed by atoms with Crippen molar-refractivity contribution in [3.05, 3.63) is 59.7 Å². The van der Waals surface area contributed by atoms with E-state index in [1.165, 1.54) is 0 Å². The van der Waals surface area contributed by atoms with Crippen LogP contribution < -0.4 is 10.6 Å². The van der Waals surface area contributed by atoms with Gasteiger partial charge in [0.1, 0.15) is 0 Å². The Morgan fingerprint density at radius 3 is 2.42 bits per heavy atom. The Morgan fingerprint density at radius 2 is 1.75 bits per heavy atom. The zero-order valence-electron chi connectivity index (χ0n) is 14.0. The van der Waals surface area contributed by atoms with Crippen LogP contribution >= 0.6 is 0 Å². The Morgan fingerprint density at radius 1 is 1.04 bits per heavy atom. The minimum absolute atomic E-state index is 0.0834. The van der Waals surface area contributed by atoms with Crippen molar-refractivity contribution in [2.24, 2.45) is 0 Å². The Labute approximate surface area is 142 Å². The number of amides is 1. The smallest absolute Gasteiger partial charge is 0.338 e. The van der Waals surface area contributed by atoms with Crippen molar-refractivity contribution >= 4 is 23.3 Å². The molecular formula is C19H22N2O3. The van der Waals surface area contributed by atoms with Gasteiger partial charge >= 0.3 is 5.97 Å². The average Bonchev–Trinajstić information content (AvgIpc) is 2.57. The van der Waals surface area contributed by atoms with Crippen LogP contribution in [0.2, 0.25) is 0 Å². The molecule has 126 valence electrons. The maximum absolute atomic E-state index is 12.0. The van der Waals surface area contributed by atoms with Crippen molar-refractivity contribution in [3.8, 4) is 0 Å². The lowest BCUT2D eigenvalue weighted by Gasteiger charge is -2.10. The Balaban J connectivity index is 1.80. The molecule has 0 aliphatic carbocycles. The average molecular weight is 326 g/mol. The SMILES string of the molecule is CCOC(=O)c1ccc(NC(=O)CCNc2ccccc2C)cc1. The van der Waals surface area contributed by atoms with Crippen molar-refractivity contribution < 1.29 is 14.3 Å². The van der Waals surface area contributed by atoms with Gasteiger partial charge in [-0.1, -0.05) is 18.2 Å². The Bertz CT molecular complexity index is 696. The van der Waals surface area contributed by atoms with Gasteiger partial charge in [0, 0.05) is 24.3 Å². The van der Waals surface area contributed by atoms with Crippen molar-refractivity contribution in [1.29, 1.82) is 0 Å². The van der Waals surface area contributed by atoms with Gasteiger partial charge in [-0.25, -0.2) is 4.79 Å². The minimum atomic E-state index is -0.363. The molecule has 0 saturated heterocycles. The predicted molar refractivity (Wildman–Crippen MR) is 95.3 cm³/mol. The number of nitrogens with one attached hydrogen (secondary N) is 2. The van der Waals surface area contributed by atoms with Crippen LogP contribution in [0.15, 0.2) is 48.5 Å². The number of hydrogen-bond donors (Lipinski definition) is 2. The van der Waals surface area contributed by atoms with Crippen LogP contribution in [0.25, 0.3) is 0 Å². The van der Waals surface area contributed by atoms with Gasteiger partial charge in [0.15, 0.2) is 0 Å². The molecule has 0 unspecified atom stereocenters. The standard InChI is InChI=1S/C19H22N2O3/c1-3-24-19(23)15-8-10-16(11-9-15)21-18(22)12-13-20-17-7-5-4-6-14(17)2/h4-11,20H,3,12-13H2,1-2H3,(H,21,22). The number of ether oxygens (including phenoxy) is 1. The summed E-state index contributed by atoms with van der Waals surface area (Å²) in [4.78, 5) is 23.5. The highest BCUT2D eigenvalue weighted by Gasteiger charge is 2.07. The van der Waals surface area contributed by atoms with Crippen molar-refractivity contribution in [2.75, 3.05) is 23.8 Å². The normalized spacial score (nSPS) is 10.1. The molecule has 0 saturated carbocycles. The van der Waals surface area contributed by atoms with Gasteiger partial charge < -0.3 is 15.4 Å². The summed E-state index contributed by atoms with van der Waals surface area (Å²) < 4.78 is 4.92. The highest BCUT2D eigenvalue weighted by molar-refractivity contribution is 5.93. The van der Waals surface area contributed by atoms with Crippen LogP contribution in [0.4, 0.5) is 11.4 Å². The van der Waals surface area contributed by atoms with E-state index in [9.17, 15) is 9.59 Å². The first kappa shape index (κ1) is 17.5. The molecule has 0 bridgehead atoms. The van der Waals surface area contributed by atoms with E-state index in [1.807, 2.05) is 31.2 Å². The van der Waals surface area contributed by atoms with Crippen LogP contribution in [0.3, 0.4) is 0 Å². The van der Waals surface area contributed by atoms with E-state index in [4.69, 9.17) is 4.74 Å². The van der Waals surface area contributed by atoms with Crippen LogP contribution in [-0.2, 0) is 9.53 Å². The van der Waals surface area contributed by atoms with Gasteiger partial charge in [-0.2, -0.15) is 0 Å². The number of benzene rings is 2. The topological polar surface area (TPSA) is 67.4 Å². The highest BCUT2D eigenvalue weighted by Crippen LogP contribution is 2.13. The summed E-state index contributed by atoms with van der Waals surface area (Å²) in [7, 11) is 0. The van der Waals surface area contributed by atoms with Crippen LogP contribution in [0, 0.1) is 6.92 Å². The Hall–Kier alpha value is -2.82. The quantitative estimate of drug-likeness (QED) is 0.763. The third-order valence-corrected chi connectivity index (χ3v) is 3.49. The predicted octanol–water partition coefficient (Wildman–Crippen LogP) is 3.61. The lowest BCUT2D eigenvalue weighted by molar-refractivity contribution is -0.115. The molecule has 1 amide bonds. The second-order valence-corrected chi connectivity index (χ2v) is 5.34. The molecule has 2 rings (SSSR count). The van der Waals surface area contributed by atoms with Gasteiger partial charge in [-0.05, 0) is 49.7 Å². The molecule has 5 heteroatoms. The fourth-order valence-electron chi connectivity index (χ4n) is 2.21. The third kappa shape index (κ3) is 5.12. The molecule has 0 aliphatic rings. The van der Waals surface area contributed by atoms with Crippen LogP contribution in [0.5, 0.6) is 0 Å². The van der Waals surface area contributed by atoms with E-state index in [2.05, 4.69) is 10.6 Å². The number of anilines is 2. The van der Waals surface area contributed by atoms with Gasteiger partial charge in [0.2, 0.25) is 5.91 Å². The molecule has 0 spiro atoms. The lowest BCUT2D eigenvalue weighted by atomic mass is 10.2. The molecule has 0 aromatic heterocycles. The number of para-hydroxylation sites is 1. The molecule has 2 aromatic rings. The van der Waals surface area contributed by atoms with Crippen molar-refractivity contribution in [3.63, 3.8) is 0 Å². The number of esters is 1. The third-order valence-electron chi connectivity index (χ3n) is 3.49. The lowest BCUT2D eigenvalue weighted by Crippen LogP contribution is -2.16. The number of carbonyl (C=O) groups excluding carboxylic acids is 2.